The van der Waals surface area contributed by atoms with Crippen LogP contribution in [0.15, 0.2) is 29.7 Å². The third-order valence-electron chi connectivity index (χ3n) is 3.74. The van der Waals surface area contributed by atoms with Gasteiger partial charge in [-0.3, -0.25) is 4.79 Å². The monoisotopic (exact) mass is 365 g/mol. The zero-order valence-electron chi connectivity index (χ0n) is 14.5. The Morgan fingerprint density at radius 3 is 2.60 bits per heavy atom. The van der Waals surface area contributed by atoms with Crippen LogP contribution >= 0.6 is 0 Å². The van der Waals surface area contributed by atoms with E-state index in [0.717, 1.165) is 5.41 Å². The van der Waals surface area contributed by atoms with Crippen LogP contribution in [0.1, 0.15) is 29.8 Å². The van der Waals surface area contributed by atoms with Crippen LogP contribution in [0, 0.1) is 12.8 Å². The summed E-state index contributed by atoms with van der Waals surface area (Å²) in [5.41, 5.74) is 1.63. The highest BCUT2D eigenvalue weighted by Crippen LogP contribution is 2.19. The molecule has 0 spiro atoms. The summed E-state index contributed by atoms with van der Waals surface area (Å²) >= 11 is 0. The van der Waals surface area contributed by atoms with E-state index in [1.807, 2.05) is 13.8 Å². The molecule has 1 aliphatic heterocycles. The van der Waals surface area contributed by atoms with Crippen molar-refractivity contribution in [3.05, 3.63) is 40.8 Å². The van der Waals surface area contributed by atoms with Gasteiger partial charge in [0.2, 0.25) is 0 Å². The van der Waals surface area contributed by atoms with E-state index in [1.165, 1.54) is 6.08 Å². The first-order chi connectivity index (χ1) is 11.7. The molecule has 2 rings (SSSR count). The number of urea groups is 1. The Balaban J connectivity index is 2.02. The highest BCUT2D eigenvalue weighted by molar-refractivity contribution is 7.94. The van der Waals surface area contributed by atoms with Gasteiger partial charge in [0.05, 0.1) is 11.8 Å². The van der Waals surface area contributed by atoms with E-state index in [9.17, 15) is 18.0 Å². The van der Waals surface area contributed by atoms with Crippen molar-refractivity contribution in [2.45, 2.75) is 26.8 Å². The molecule has 3 N–H and O–H groups in total. The summed E-state index contributed by atoms with van der Waals surface area (Å²) in [5.74, 6) is 0.00371. The number of carbonyl (C=O) groups excluding carboxylic acids is 2. The summed E-state index contributed by atoms with van der Waals surface area (Å²) in [5, 5.41) is 9.19. The second-order valence-corrected chi connectivity index (χ2v) is 8.38. The van der Waals surface area contributed by atoms with Crippen molar-refractivity contribution in [2.24, 2.45) is 5.92 Å². The fourth-order valence-electron chi connectivity index (χ4n) is 2.40. The predicted molar refractivity (Wildman–Crippen MR) is 97.2 cm³/mol. The van der Waals surface area contributed by atoms with Crippen molar-refractivity contribution in [1.29, 1.82) is 0 Å². The van der Waals surface area contributed by atoms with Gasteiger partial charge in [-0.05, 0) is 36.6 Å². The van der Waals surface area contributed by atoms with Crippen LogP contribution in [-0.2, 0) is 9.84 Å². The quantitative estimate of drug-likeness (QED) is 0.740. The van der Waals surface area contributed by atoms with Crippen LogP contribution in [0.3, 0.4) is 0 Å². The Morgan fingerprint density at radius 1 is 1.28 bits per heavy atom. The molecule has 1 unspecified atom stereocenters. The molecular formula is C17H23N3O4S. The van der Waals surface area contributed by atoms with E-state index < -0.39 is 21.9 Å². The Hall–Kier alpha value is -2.35. The number of benzene rings is 1. The van der Waals surface area contributed by atoms with E-state index in [-0.39, 0.29) is 11.7 Å². The average molecular weight is 365 g/mol. The van der Waals surface area contributed by atoms with Crippen LogP contribution < -0.4 is 16.0 Å². The number of nitrogens with one attached hydrogen (secondary N) is 3. The van der Waals surface area contributed by atoms with E-state index in [4.69, 9.17) is 0 Å². The van der Waals surface area contributed by atoms with Gasteiger partial charge in [-0.25, -0.2) is 13.2 Å². The van der Waals surface area contributed by atoms with Crippen LogP contribution in [-0.4, -0.2) is 38.7 Å². The Labute approximate surface area is 147 Å². The first-order valence-corrected chi connectivity index (χ1v) is 9.76. The topological polar surface area (TPSA) is 104 Å². The smallest absolute Gasteiger partial charge is 0.319 e. The lowest BCUT2D eigenvalue weighted by atomic mass is 10.1. The van der Waals surface area contributed by atoms with Crippen LogP contribution in [0.2, 0.25) is 0 Å². The molecule has 1 atom stereocenters. The summed E-state index contributed by atoms with van der Waals surface area (Å²) in [6.07, 6.45) is 1.44. The fourth-order valence-corrected chi connectivity index (χ4v) is 3.64. The molecule has 3 amide bonds. The van der Waals surface area contributed by atoms with Crippen molar-refractivity contribution in [2.75, 3.05) is 17.6 Å². The van der Waals surface area contributed by atoms with Gasteiger partial charge in [0, 0.05) is 23.2 Å². The molecule has 0 saturated carbocycles. The van der Waals surface area contributed by atoms with E-state index in [2.05, 4.69) is 16.0 Å². The summed E-state index contributed by atoms with van der Waals surface area (Å²) in [7, 11) is -3.23. The zero-order chi connectivity index (χ0) is 18.6. The molecule has 25 heavy (non-hydrogen) atoms. The van der Waals surface area contributed by atoms with Gasteiger partial charge in [-0.2, -0.15) is 0 Å². The second-order valence-electron chi connectivity index (χ2n) is 6.45. The maximum atomic E-state index is 12.2. The van der Waals surface area contributed by atoms with Gasteiger partial charge in [-0.1, -0.05) is 19.9 Å². The van der Waals surface area contributed by atoms with Crippen molar-refractivity contribution >= 4 is 27.5 Å². The lowest BCUT2D eigenvalue weighted by molar-refractivity contribution is 0.0948. The number of rotatable bonds is 5. The molecule has 136 valence electrons. The molecule has 0 saturated heterocycles. The number of carbonyl (C=O) groups is 2. The molecule has 7 nitrogen and oxygen atoms in total. The minimum Gasteiger partial charge on any atom is -0.352 e. The third kappa shape index (κ3) is 5.32. The molecular weight excluding hydrogens is 342 g/mol. The number of amides is 3. The number of hydrogen-bond acceptors (Lipinski definition) is 4. The Morgan fingerprint density at radius 2 is 2.00 bits per heavy atom. The van der Waals surface area contributed by atoms with Gasteiger partial charge in [0.1, 0.15) is 0 Å². The van der Waals surface area contributed by atoms with Gasteiger partial charge >= 0.3 is 6.03 Å². The van der Waals surface area contributed by atoms with Crippen molar-refractivity contribution < 1.29 is 18.0 Å². The third-order valence-corrected chi connectivity index (χ3v) is 5.14. The lowest BCUT2D eigenvalue weighted by Gasteiger charge is -2.15. The van der Waals surface area contributed by atoms with Gasteiger partial charge in [-0.15, -0.1) is 0 Å². The minimum absolute atomic E-state index is 0.142. The highest BCUT2D eigenvalue weighted by Gasteiger charge is 2.23. The van der Waals surface area contributed by atoms with Crippen LogP contribution in [0.25, 0.3) is 0 Å². The minimum atomic E-state index is -3.23. The van der Waals surface area contributed by atoms with E-state index in [1.54, 1.807) is 25.1 Å². The Bertz CT molecular complexity index is 800. The standard InChI is InChI=1S/C17H23N3O4S/c1-11(2)9-18-16(21)14-5-4-6-15(12(14)3)20-17(22)19-13-7-8-25(23,24)10-13/h4-8,11,13H,9-10H2,1-3H3,(H,18,21)(H2,19,20,22). The largest absolute Gasteiger partial charge is 0.352 e. The van der Waals surface area contributed by atoms with Crippen molar-refractivity contribution in [3.8, 4) is 0 Å². The van der Waals surface area contributed by atoms with Gasteiger partial charge < -0.3 is 16.0 Å². The SMILES string of the molecule is Cc1c(NC(=O)NC2C=CS(=O)(=O)C2)cccc1C(=O)NCC(C)C. The molecule has 0 bridgehead atoms. The first kappa shape index (κ1) is 19.0. The van der Waals surface area contributed by atoms with Gasteiger partial charge in [0.25, 0.3) is 5.91 Å². The van der Waals surface area contributed by atoms with Crippen molar-refractivity contribution in [3.63, 3.8) is 0 Å². The molecule has 0 radical (unpaired) electrons. The molecule has 1 aromatic carbocycles. The number of hydrogen-bond donors (Lipinski definition) is 3. The zero-order valence-corrected chi connectivity index (χ0v) is 15.3. The maximum absolute atomic E-state index is 12.2. The second kappa shape index (κ2) is 7.69. The van der Waals surface area contributed by atoms with Crippen LogP contribution in [0.4, 0.5) is 10.5 Å². The molecule has 0 aromatic heterocycles. The first-order valence-electron chi connectivity index (χ1n) is 8.04. The summed E-state index contributed by atoms with van der Waals surface area (Å²) < 4.78 is 22.7. The number of anilines is 1. The summed E-state index contributed by atoms with van der Waals surface area (Å²) in [4.78, 5) is 24.3. The molecule has 8 heteroatoms. The normalized spacial score (nSPS) is 18.2. The summed E-state index contributed by atoms with van der Waals surface area (Å²) in [6.45, 7) is 6.33. The maximum Gasteiger partial charge on any atom is 0.319 e. The molecule has 1 aromatic rings. The number of sulfone groups is 1. The lowest BCUT2D eigenvalue weighted by Crippen LogP contribution is -2.38. The highest BCUT2D eigenvalue weighted by atomic mass is 32.2. The van der Waals surface area contributed by atoms with Crippen molar-refractivity contribution in [1.82, 2.24) is 10.6 Å². The fraction of sp³-hybridized carbons (Fsp3) is 0.412. The van der Waals surface area contributed by atoms with Gasteiger partial charge in [0.15, 0.2) is 9.84 Å². The van der Waals surface area contributed by atoms with Crippen LogP contribution in [0.5, 0.6) is 0 Å². The average Bonchev–Trinajstić information content (AvgIpc) is 2.85. The van der Waals surface area contributed by atoms with E-state index in [0.29, 0.717) is 29.3 Å². The molecule has 1 aliphatic rings. The van der Waals surface area contributed by atoms with E-state index >= 15 is 0 Å². The summed E-state index contributed by atoms with van der Waals surface area (Å²) in [6, 6.07) is 4.00. The molecule has 1 heterocycles. The molecule has 0 aliphatic carbocycles. The molecule has 0 fully saturated rings. The predicted octanol–water partition coefficient (Wildman–Crippen LogP) is 1.81. The Kier molecular flexibility index (Phi) is 5.84.